The topological polar surface area (TPSA) is 81.3 Å². The zero-order valence-electron chi connectivity index (χ0n) is 15.8. The Morgan fingerprint density at radius 1 is 1.17 bits per heavy atom. The van der Waals surface area contributed by atoms with Crippen molar-refractivity contribution in [1.29, 1.82) is 0 Å². The number of rotatable bonds is 5. The van der Waals surface area contributed by atoms with Crippen molar-refractivity contribution in [2.24, 2.45) is 7.05 Å². The molecule has 2 aromatic carbocycles. The number of amides is 1. The fourth-order valence-corrected chi connectivity index (χ4v) is 4.03. The SMILES string of the molecule is CC(NC(=O)CSc1nnc2n(C)c(=O)c3ccccc3n12)c1ccc(Cl)cc1. The van der Waals surface area contributed by atoms with Crippen LogP contribution in [0.1, 0.15) is 18.5 Å². The minimum absolute atomic E-state index is 0.122. The Labute approximate surface area is 175 Å². The van der Waals surface area contributed by atoms with Crippen molar-refractivity contribution in [2.75, 3.05) is 5.75 Å². The van der Waals surface area contributed by atoms with Crippen LogP contribution in [0.5, 0.6) is 0 Å². The number of halogens is 1. The quantitative estimate of drug-likeness (QED) is 0.494. The lowest BCUT2D eigenvalue weighted by molar-refractivity contribution is -0.119. The number of carbonyl (C=O) groups is 1. The highest BCUT2D eigenvalue weighted by Gasteiger charge is 2.16. The highest BCUT2D eigenvalue weighted by atomic mass is 35.5. The number of carbonyl (C=O) groups excluding carboxylic acids is 1. The summed E-state index contributed by atoms with van der Waals surface area (Å²) in [5.74, 6) is 0.491. The molecule has 2 aromatic heterocycles. The highest BCUT2D eigenvalue weighted by Crippen LogP contribution is 2.22. The molecular formula is C20H18ClN5O2S. The third kappa shape index (κ3) is 3.73. The Hall–Kier alpha value is -2.84. The van der Waals surface area contributed by atoms with Crippen LogP contribution in [0, 0.1) is 0 Å². The van der Waals surface area contributed by atoms with Gasteiger partial charge < -0.3 is 5.32 Å². The number of nitrogens with zero attached hydrogens (tertiary/aromatic N) is 4. The molecule has 0 radical (unpaired) electrons. The van der Waals surface area contributed by atoms with E-state index in [1.165, 1.54) is 16.3 Å². The normalized spacial score (nSPS) is 12.4. The molecule has 0 saturated heterocycles. The van der Waals surface area contributed by atoms with Crippen LogP contribution in [-0.4, -0.2) is 30.8 Å². The van der Waals surface area contributed by atoms with Gasteiger partial charge in [-0.05, 0) is 36.8 Å². The summed E-state index contributed by atoms with van der Waals surface area (Å²) in [6.07, 6.45) is 0. The van der Waals surface area contributed by atoms with Gasteiger partial charge >= 0.3 is 0 Å². The average molecular weight is 428 g/mol. The number of benzene rings is 2. The third-order valence-electron chi connectivity index (χ3n) is 4.68. The van der Waals surface area contributed by atoms with Crippen molar-refractivity contribution in [3.05, 3.63) is 69.5 Å². The second kappa shape index (κ2) is 7.88. The first-order chi connectivity index (χ1) is 14.0. The van der Waals surface area contributed by atoms with Crippen molar-refractivity contribution < 1.29 is 4.79 Å². The van der Waals surface area contributed by atoms with Crippen molar-refractivity contribution in [3.8, 4) is 0 Å². The Bertz CT molecular complexity index is 1270. The molecule has 148 valence electrons. The Morgan fingerprint density at radius 2 is 1.90 bits per heavy atom. The smallest absolute Gasteiger partial charge is 0.262 e. The summed E-state index contributed by atoms with van der Waals surface area (Å²) >= 11 is 7.19. The molecule has 0 aliphatic rings. The summed E-state index contributed by atoms with van der Waals surface area (Å²) in [6.45, 7) is 1.92. The molecule has 0 saturated carbocycles. The molecule has 0 fully saturated rings. The van der Waals surface area contributed by atoms with Crippen LogP contribution in [0.15, 0.2) is 58.5 Å². The lowest BCUT2D eigenvalue weighted by Gasteiger charge is -2.14. The maximum absolute atomic E-state index is 12.5. The fraction of sp³-hybridized carbons (Fsp3) is 0.200. The van der Waals surface area contributed by atoms with Gasteiger partial charge in [0.2, 0.25) is 11.7 Å². The number of aromatic nitrogens is 4. The minimum atomic E-state index is -0.142. The van der Waals surface area contributed by atoms with E-state index in [1.54, 1.807) is 29.6 Å². The van der Waals surface area contributed by atoms with Gasteiger partial charge in [0.1, 0.15) is 0 Å². The molecule has 7 nitrogen and oxygen atoms in total. The van der Waals surface area contributed by atoms with Gasteiger partial charge in [-0.3, -0.25) is 18.6 Å². The van der Waals surface area contributed by atoms with Crippen LogP contribution < -0.4 is 10.9 Å². The molecule has 1 atom stereocenters. The van der Waals surface area contributed by atoms with E-state index >= 15 is 0 Å². The van der Waals surface area contributed by atoms with E-state index in [0.29, 0.717) is 26.9 Å². The second-order valence-corrected chi connectivity index (χ2v) is 8.01. The molecule has 2 heterocycles. The minimum Gasteiger partial charge on any atom is -0.349 e. The molecule has 29 heavy (non-hydrogen) atoms. The van der Waals surface area contributed by atoms with Crippen molar-refractivity contribution >= 4 is 46.0 Å². The maximum atomic E-state index is 12.5. The van der Waals surface area contributed by atoms with Crippen molar-refractivity contribution in [1.82, 2.24) is 24.5 Å². The molecule has 4 aromatic rings. The molecule has 0 spiro atoms. The van der Waals surface area contributed by atoms with Gasteiger partial charge in [0, 0.05) is 12.1 Å². The van der Waals surface area contributed by atoms with E-state index < -0.39 is 0 Å². The fourth-order valence-electron chi connectivity index (χ4n) is 3.15. The maximum Gasteiger partial charge on any atom is 0.262 e. The van der Waals surface area contributed by atoms with Crippen LogP contribution >= 0.6 is 23.4 Å². The summed E-state index contributed by atoms with van der Waals surface area (Å²) < 4.78 is 3.26. The molecule has 0 aliphatic heterocycles. The van der Waals surface area contributed by atoms with Gasteiger partial charge in [0.25, 0.3) is 5.56 Å². The Morgan fingerprint density at radius 3 is 2.66 bits per heavy atom. The Balaban J connectivity index is 1.55. The van der Waals surface area contributed by atoms with Crippen LogP contribution in [-0.2, 0) is 11.8 Å². The van der Waals surface area contributed by atoms with E-state index in [4.69, 9.17) is 11.6 Å². The number of hydrogen-bond donors (Lipinski definition) is 1. The summed E-state index contributed by atoms with van der Waals surface area (Å²) in [5, 5.41) is 13.1. The molecule has 0 aliphatic carbocycles. The van der Waals surface area contributed by atoms with Gasteiger partial charge in [0.15, 0.2) is 5.16 Å². The van der Waals surface area contributed by atoms with Crippen molar-refractivity contribution in [3.63, 3.8) is 0 Å². The van der Waals surface area contributed by atoms with Crippen LogP contribution in [0.25, 0.3) is 16.7 Å². The molecule has 0 bridgehead atoms. The zero-order chi connectivity index (χ0) is 20.5. The molecular weight excluding hydrogens is 410 g/mol. The average Bonchev–Trinajstić information content (AvgIpc) is 3.15. The van der Waals surface area contributed by atoms with Gasteiger partial charge in [-0.2, -0.15) is 0 Å². The first-order valence-electron chi connectivity index (χ1n) is 8.96. The molecule has 1 N–H and O–H groups in total. The van der Waals surface area contributed by atoms with Crippen LogP contribution in [0.3, 0.4) is 0 Å². The second-order valence-electron chi connectivity index (χ2n) is 6.63. The zero-order valence-corrected chi connectivity index (χ0v) is 17.4. The standard InChI is InChI=1S/C20H18ClN5O2S/c1-12(13-7-9-14(21)10-8-13)22-17(27)11-29-20-24-23-19-25(2)18(28)15-5-3-4-6-16(15)26(19)20/h3-10,12H,11H2,1-2H3,(H,22,27). The number of thioether (sulfide) groups is 1. The van der Waals surface area contributed by atoms with Gasteiger partial charge in [-0.15, -0.1) is 10.2 Å². The molecule has 1 unspecified atom stereocenters. The van der Waals surface area contributed by atoms with E-state index in [0.717, 1.165) is 5.56 Å². The van der Waals surface area contributed by atoms with Crippen molar-refractivity contribution in [2.45, 2.75) is 18.1 Å². The first kappa shape index (κ1) is 19.5. The lowest BCUT2D eigenvalue weighted by Crippen LogP contribution is -2.28. The van der Waals surface area contributed by atoms with E-state index in [-0.39, 0.29) is 23.3 Å². The monoisotopic (exact) mass is 427 g/mol. The number of para-hydroxylation sites is 1. The van der Waals surface area contributed by atoms with E-state index in [1.807, 2.05) is 37.3 Å². The van der Waals surface area contributed by atoms with Crippen LogP contribution in [0.4, 0.5) is 0 Å². The first-order valence-corrected chi connectivity index (χ1v) is 10.3. The summed E-state index contributed by atoms with van der Waals surface area (Å²) in [4.78, 5) is 24.9. The number of fused-ring (bicyclic) bond motifs is 3. The highest BCUT2D eigenvalue weighted by molar-refractivity contribution is 7.99. The Kier molecular flexibility index (Phi) is 5.29. The summed E-state index contributed by atoms with van der Waals surface area (Å²) in [7, 11) is 1.66. The predicted molar refractivity (Wildman–Crippen MR) is 114 cm³/mol. The van der Waals surface area contributed by atoms with Gasteiger partial charge in [0.05, 0.1) is 22.7 Å². The molecule has 9 heteroatoms. The number of aryl methyl sites for hydroxylation is 1. The van der Waals surface area contributed by atoms with E-state index in [9.17, 15) is 9.59 Å². The third-order valence-corrected chi connectivity index (χ3v) is 5.86. The number of nitrogens with one attached hydrogen (secondary N) is 1. The molecule has 1 amide bonds. The van der Waals surface area contributed by atoms with Gasteiger partial charge in [-0.25, -0.2) is 0 Å². The summed E-state index contributed by atoms with van der Waals surface area (Å²) in [6, 6.07) is 14.5. The largest absolute Gasteiger partial charge is 0.349 e. The summed E-state index contributed by atoms with van der Waals surface area (Å²) in [5.41, 5.74) is 1.56. The number of hydrogen-bond acceptors (Lipinski definition) is 5. The molecule has 4 rings (SSSR count). The van der Waals surface area contributed by atoms with Gasteiger partial charge in [-0.1, -0.05) is 47.6 Å². The van der Waals surface area contributed by atoms with Crippen LogP contribution in [0.2, 0.25) is 5.02 Å². The predicted octanol–water partition coefficient (Wildman–Crippen LogP) is 3.20. The van der Waals surface area contributed by atoms with E-state index in [2.05, 4.69) is 15.5 Å². The lowest BCUT2D eigenvalue weighted by atomic mass is 10.1.